The lowest BCUT2D eigenvalue weighted by Crippen LogP contribution is -2.21. The highest BCUT2D eigenvalue weighted by Crippen LogP contribution is 2.30. The van der Waals surface area contributed by atoms with Gasteiger partial charge in [-0.05, 0) is 11.8 Å². The van der Waals surface area contributed by atoms with E-state index in [-0.39, 0.29) is 5.75 Å². The third kappa shape index (κ3) is 4.87. The van der Waals surface area contributed by atoms with Gasteiger partial charge in [0.15, 0.2) is 0 Å². The predicted molar refractivity (Wildman–Crippen MR) is 63.1 cm³/mol. The minimum atomic E-state index is -4.69. The number of hydrogen-bond donors (Lipinski definition) is 1. The van der Waals surface area contributed by atoms with Crippen molar-refractivity contribution in [2.45, 2.75) is 19.3 Å². The van der Waals surface area contributed by atoms with Crippen LogP contribution in [0.4, 0.5) is 13.2 Å². The van der Waals surface area contributed by atoms with E-state index in [2.05, 4.69) is 4.74 Å². The largest absolute Gasteiger partial charge is 0.573 e. The average Bonchev–Trinajstić information content (AvgIpc) is 2.24. The molecule has 0 bridgehead atoms. The molecule has 0 spiro atoms. The van der Waals surface area contributed by atoms with Gasteiger partial charge in [-0.25, -0.2) is 0 Å². The lowest BCUT2D eigenvalue weighted by atomic mass is 10.1. The van der Waals surface area contributed by atoms with Gasteiger partial charge in [0.25, 0.3) is 0 Å². The third-order valence-corrected chi connectivity index (χ3v) is 3.05. The van der Waals surface area contributed by atoms with E-state index in [0.717, 1.165) is 5.75 Å². The maximum Gasteiger partial charge on any atom is 0.573 e. The Morgan fingerprint density at radius 3 is 2.59 bits per heavy atom. The highest BCUT2D eigenvalue weighted by molar-refractivity contribution is 7.99. The van der Waals surface area contributed by atoms with Gasteiger partial charge in [-0.3, -0.25) is 0 Å². The van der Waals surface area contributed by atoms with Crippen LogP contribution in [0.3, 0.4) is 0 Å². The number of ether oxygens (including phenoxy) is 1. The Labute approximate surface area is 102 Å². The highest BCUT2D eigenvalue weighted by Gasteiger charge is 2.32. The number of alkyl halides is 3. The molecule has 0 saturated heterocycles. The highest BCUT2D eigenvalue weighted by atomic mass is 32.2. The molecule has 0 aliphatic heterocycles. The minimum Gasteiger partial charge on any atom is -0.405 e. The van der Waals surface area contributed by atoms with Crippen LogP contribution >= 0.6 is 11.8 Å². The SMILES string of the molecule is CCSCC(N)c1ccccc1OC(F)(F)F. The Hall–Kier alpha value is -0.880. The summed E-state index contributed by atoms with van der Waals surface area (Å²) in [5.74, 6) is 1.22. The fourth-order valence-corrected chi connectivity index (χ4v) is 2.01. The van der Waals surface area contributed by atoms with Crippen molar-refractivity contribution < 1.29 is 17.9 Å². The molecule has 1 unspecified atom stereocenters. The maximum atomic E-state index is 12.2. The van der Waals surface area contributed by atoms with Crippen LogP contribution in [0.1, 0.15) is 18.5 Å². The number of hydrogen-bond acceptors (Lipinski definition) is 3. The summed E-state index contributed by atoms with van der Waals surface area (Å²) in [5.41, 5.74) is 6.21. The number of halogens is 3. The van der Waals surface area contributed by atoms with Crippen molar-refractivity contribution in [3.63, 3.8) is 0 Å². The molecule has 2 N–H and O–H groups in total. The van der Waals surface area contributed by atoms with Gasteiger partial charge >= 0.3 is 6.36 Å². The molecule has 1 rings (SSSR count). The van der Waals surface area contributed by atoms with Gasteiger partial charge in [0.2, 0.25) is 0 Å². The molecule has 0 fully saturated rings. The van der Waals surface area contributed by atoms with E-state index in [9.17, 15) is 13.2 Å². The Kier molecular flexibility index (Phi) is 5.14. The second-order valence-electron chi connectivity index (χ2n) is 3.35. The molecule has 0 saturated carbocycles. The van der Waals surface area contributed by atoms with E-state index in [0.29, 0.717) is 11.3 Å². The minimum absolute atomic E-state index is 0.218. The van der Waals surface area contributed by atoms with Gasteiger partial charge in [-0.2, -0.15) is 11.8 Å². The molecule has 0 amide bonds. The van der Waals surface area contributed by atoms with Gasteiger partial charge in [0.1, 0.15) is 5.75 Å². The van der Waals surface area contributed by atoms with Crippen molar-refractivity contribution in [1.29, 1.82) is 0 Å². The zero-order chi connectivity index (χ0) is 12.9. The van der Waals surface area contributed by atoms with E-state index in [1.807, 2.05) is 6.92 Å². The van der Waals surface area contributed by atoms with E-state index in [1.165, 1.54) is 12.1 Å². The monoisotopic (exact) mass is 265 g/mol. The molecule has 0 aliphatic rings. The van der Waals surface area contributed by atoms with E-state index < -0.39 is 12.4 Å². The Morgan fingerprint density at radius 2 is 2.00 bits per heavy atom. The number of benzene rings is 1. The van der Waals surface area contributed by atoms with Gasteiger partial charge < -0.3 is 10.5 Å². The summed E-state index contributed by atoms with van der Waals surface area (Å²) < 4.78 is 40.5. The molecule has 0 aliphatic carbocycles. The summed E-state index contributed by atoms with van der Waals surface area (Å²) in [6.07, 6.45) is -4.69. The van der Waals surface area contributed by atoms with Gasteiger partial charge in [-0.1, -0.05) is 25.1 Å². The summed E-state index contributed by atoms with van der Waals surface area (Å²) in [4.78, 5) is 0. The Balaban J connectivity index is 2.83. The van der Waals surface area contributed by atoms with Crippen molar-refractivity contribution in [3.05, 3.63) is 29.8 Å². The molecule has 1 aromatic carbocycles. The summed E-state index contributed by atoms with van der Waals surface area (Å²) in [6.45, 7) is 1.97. The summed E-state index contributed by atoms with van der Waals surface area (Å²) >= 11 is 1.58. The molecule has 6 heteroatoms. The normalized spacial score (nSPS) is 13.5. The van der Waals surface area contributed by atoms with Crippen LogP contribution in [0, 0.1) is 0 Å². The smallest absolute Gasteiger partial charge is 0.405 e. The summed E-state index contributed by atoms with van der Waals surface area (Å²) in [7, 11) is 0. The Bertz CT molecular complexity index is 357. The maximum absolute atomic E-state index is 12.2. The second kappa shape index (κ2) is 6.16. The summed E-state index contributed by atoms with van der Waals surface area (Å²) in [5, 5.41) is 0. The van der Waals surface area contributed by atoms with Crippen molar-refractivity contribution in [2.75, 3.05) is 11.5 Å². The third-order valence-electron chi connectivity index (χ3n) is 2.05. The molecule has 1 atom stereocenters. The molecule has 0 heterocycles. The van der Waals surface area contributed by atoms with Crippen molar-refractivity contribution >= 4 is 11.8 Å². The standard InChI is InChI=1S/C11H14F3NOS/c1-2-17-7-9(15)8-5-3-4-6-10(8)16-11(12,13)14/h3-6,9H,2,7,15H2,1H3. The van der Waals surface area contributed by atoms with Crippen LogP contribution < -0.4 is 10.5 Å². The van der Waals surface area contributed by atoms with Crippen molar-refractivity contribution in [3.8, 4) is 5.75 Å². The lowest BCUT2D eigenvalue weighted by Gasteiger charge is -2.17. The zero-order valence-corrected chi connectivity index (χ0v) is 10.1. The first-order valence-electron chi connectivity index (χ1n) is 5.12. The molecule has 96 valence electrons. The molecular weight excluding hydrogens is 251 g/mol. The van der Waals surface area contributed by atoms with Crippen LogP contribution in [0.25, 0.3) is 0 Å². The van der Waals surface area contributed by atoms with Crippen LogP contribution in [0.5, 0.6) is 5.75 Å². The summed E-state index contributed by atoms with van der Waals surface area (Å²) in [6, 6.07) is 5.51. The number of nitrogens with two attached hydrogens (primary N) is 1. The fourth-order valence-electron chi connectivity index (χ4n) is 1.34. The molecule has 2 nitrogen and oxygen atoms in total. The van der Waals surface area contributed by atoms with Gasteiger partial charge in [0, 0.05) is 17.4 Å². The van der Waals surface area contributed by atoms with Crippen LogP contribution in [-0.4, -0.2) is 17.9 Å². The molecule has 0 radical (unpaired) electrons. The van der Waals surface area contributed by atoms with Gasteiger partial charge in [0.05, 0.1) is 0 Å². The molecule has 0 aromatic heterocycles. The first-order chi connectivity index (χ1) is 7.94. The molecule has 17 heavy (non-hydrogen) atoms. The van der Waals surface area contributed by atoms with Crippen molar-refractivity contribution in [2.24, 2.45) is 5.73 Å². The van der Waals surface area contributed by atoms with E-state index in [4.69, 9.17) is 5.73 Å². The van der Waals surface area contributed by atoms with E-state index in [1.54, 1.807) is 23.9 Å². The lowest BCUT2D eigenvalue weighted by molar-refractivity contribution is -0.274. The first kappa shape index (κ1) is 14.2. The first-order valence-corrected chi connectivity index (χ1v) is 6.27. The number of thioether (sulfide) groups is 1. The zero-order valence-electron chi connectivity index (χ0n) is 9.33. The number of para-hydroxylation sites is 1. The van der Waals surface area contributed by atoms with Crippen molar-refractivity contribution in [1.82, 2.24) is 0 Å². The molecule has 1 aromatic rings. The van der Waals surface area contributed by atoms with Crippen LogP contribution in [0.15, 0.2) is 24.3 Å². The van der Waals surface area contributed by atoms with Gasteiger partial charge in [-0.15, -0.1) is 13.2 Å². The van der Waals surface area contributed by atoms with Crippen LogP contribution in [0.2, 0.25) is 0 Å². The predicted octanol–water partition coefficient (Wildman–Crippen LogP) is 3.34. The second-order valence-corrected chi connectivity index (χ2v) is 4.67. The quantitative estimate of drug-likeness (QED) is 0.886. The number of rotatable bonds is 5. The fraction of sp³-hybridized carbons (Fsp3) is 0.455. The molecular formula is C11H14F3NOS. The van der Waals surface area contributed by atoms with E-state index >= 15 is 0 Å². The average molecular weight is 265 g/mol. The van der Waals surface area contributed by atoms with Crippen LogP contribution in [-0.2, 0) is 0 Å². The topological polar surface area (TPSA) is 35.2 Å². The Morgan fingerprint density at radius 1 is 1.35 bits per heavy atom.